The fraction of sp³-hybridized carbons (Fsp3) is 0.318. The third-order valence-corrected chi connectivity index (χ3v) is 6.08. The highest BCUT2D eigenvalue weighted by Gasteiger charge is 2.32. The largest absolute Gasteiger partial charge is 0.365 e. The molecule has 4 heterocycles. The van der Waals surface area contributed by atoms with Crippen LogP contribution in [0.4, 0.5) is 0 Å². The molecule has 164 valence electrons. The Balaban J connectivity index is 1.23. The molecule has 0 aliphatic carbocycles. The van der Waals surface area contributed by atoms with Crippen LogP contribution >= 0.6 is 11.6 Å². The van der Waals surface area contributed by atoms with Crippen LogP contribution in [-0.4, -0.2) is 67.8 Å². The number of carbonyl (C=O) groups is 2. The van der Waals surface area contributed by atoms with Crippen molar-refractivity contribution < 1.29 is 14.3 Å². The minimum atomic E-state index is -0.184. The van der Waals surface area contributed by atoms with E-state index in [1.54, 1.807) is 39.0 Å². The van der Waals surface area contributed by atoms with E-state index in [0.29, 0.717) is 54.7 Å². The van der Waals surface area contributed by atoms with Gasteiger partial charge < -0.3 is 14.5 Å². The summed E-state index contributed by atoms with van der Waals surface area (Å²) in [6.45, 7) is 2.54. The van der Waals surface area contributed by atoms with Gasteiger partial charge in [-0.05, 0) is 29.8 Å². The lowest BCUT2D eigenvalue weighted by Gasteiger charge is -2.34. The molecule has 2 aliphatic heterocycles. The van der Waals surface area contributed by atoms with Gasteiger partial charge in [0.15, 0.2) is 5.69 Å². The zero-order valence-corrected chi connectivity index (χ0v) is 18.0. The molecule has 2 amide bonds. The number of aromatic nitrogens is 4. The first kappa shape index (κ1) is 20.6. The summed E-state index contributed by atoms with van der Waals surface area (Å²) in [5, 5.41) is 9.01. The van der Waals surface area contributed by atoms with Gasteiger partial charge in [-0.3, -0.25) is 14.6 Å². The number of hydrogen-bond acceptors (Lipinski definition) is 6. The number of pyridine rings is 1. The van der Waals surface area contributed by atoms with Crippen molar-refractivity contribution in [2.45, 2.75) is 19.3 Å². The SMILES string of the molecule is O=C(c1ccncc1)N1CCN(C(=O)c2nnn3c2CO[C@H](c2ccc(Cl)cc2)C3)CC1. The van der Waals surface area contributed by atoms with Crippen LogP contribution < -0.4 is 0 Å². The molecule has 0 bridgehead atoms. The maximum atomic E-state index is 13.1. The molecule has 2 aliphatic rings. The summed E-state index contributed by atoms with van der Waals surface area (Å²) in [7, 11) is 0. The molecule has 0 unspecified atom stereocenters. The van der Waals surface area contributed by atoms with E-state index in [1.165, 1.54) is 0 Å². The summed E-state index contributed by atoms with van der Waals surface area (Å²) >= 11 is 5.97. The highest BCUT2D eigenvalue weighted by molar-refractivity contribution is 6.30. The number of carbonyl (C=O) groups excluding carboxylic acids is 2. The Morgan fingerprint density at radius 1 is 0.938 bits per heavy atom. The molecule has 2 aromatic heterocycles. The van der Waals surface area contributed by atoms with Crippen LogP contribution in [0.1, 0.15) is 38.2 Å². The van der Waals surface area contributed by atoms with Gasteiger partial charge in [0.05, 0.1) is 18.8 Å². The van der Waals surface area contributed by atoms with Gasteiger partial charge in [-0.15, -0.1) is 5.10 Å². The molecular weight excluding hydrogens is 432 g/mol. The van der Waals surface area contributed by atoms with Gasteiger partial charge in [-0.2, -0.15) is 0 Å². The van der Waals surface area contributed by atoms with Gasteiger partial charge in [0.1, 0.15) is 6.10 Å². The smallest absolute Gasteiger partial charge is 0.276 e. The van der Waals surface area contributed by atoms with E-state index in [4.69, 9.17) is 16.3 Å². The van der Waals surface area contributed by atoms with E-state index >= 15 is 0 Å². The van der Waals surface area contributed by atoms with E-state index in [9.17, 15) is 9.59 Å². The van der Waals surface area contributed by atoms with Crippen LogP contribution in [-0.2, 0) is 17.9 Å². The lowest BCUT2D eigenvalue weighted by Crippen LogP contribution is -2.50. The zero-order chi connectivity index (χ0) is 22.1. The second-order valence-electron chi connectivity index (χ2n) is 7.74. The van der Waals surface area contributed by atoms with Gasteiger partial charge in [0.25, 0.3) is 11.8 Å². The standard InChI is InChI=1S/C22H21ClN6O3/c23-17-3-1-15(2-4-17)19-13-29-18(14-32-19)20(25-26-29)22(31)28-11-9-27(10-12-28)21(30)16-5-7-24-8-6-16/h1-8,19H,9-14H2/t19-/m0/s1. The molecular formula is C22H21ClN6O3. The fourth-order valence-corrected chi connectivity index (χ4v) is 4.12. The van der Waals surface area contributed by atoms with Crippen molar-refractivity contribution in [2.24, 2.45) is 0 Å². The summed E-state index contributed by atoms with van der Waals surface area (Å²) in [5.74, 6) is -0.238. The summed E-state index contributed by atoms with van der Waals surface area (Å²) in [6, 6.07) is 10.9. The zero-order valence-electron chi connectivity index (χ0n) is 17.2. The molecule has 0 N–H and O–H groups in total. The number of ether oxygens (including phenoxy) is 1. The van der Waals surface area contributed by atoms with Crippen LogP contribution in [0.5, 0.6) is 0 Å². The lowest BCUT2D eigenvalue weighted by molar-refractivity contribution is -0.00202. The number of halogens is 1. The number of amides is 2. The molecule has 1 fully saturated rings. The van der Waals surface area contributed by atoms with E-state index in [2.05, 4.69) is 15.3 Å². The predicted molar refractivity (Wildman–Crippen MR) is 115 cm³/mol. The molecule has 3 aromatic rings. The average molecular weight is 453 g/mol. The minimum Gasteiger partial charge on any atom is -0.365 e. The summed E-state index contributed by atoms with van der Waals surface area (Å²) in [5.41, 5.74) is 2.59. The monoisotopic (exact) mass is 452 g/mol. The fourth-order valence-electron chi connectivity index (χ4n) is 4.00. The van der Waals surface area contributed by atoms with Crippen molar-refractivity contribution in [1.29, 1.82) is 0 Å². The highest BCUT2D eigenvalue weighted by Crippen LogP contribution is 2.28. The number of benzene rings is 1. The number of hydrogen-bond donors (Lipinski definition) is 0. The van der Waals surface area contributed by atoms with E-state index in [0.717, 1.165) is 5.56 Å². The Hall–Kier alpha value is -3.30. The van der Waals surface area contributed by atoms with Crippen LogP contribution in [0, 0.1) is 0 Å². The molecule has 1 atom stereocenters. The Morgan fingerprint density at radius 3 is 2.28 bits per heavy atom. The Morgan fingerprint density at radius 2 is 1.59 bits per heavy atom. The lowest BCUT2D eigenvalue weighted by atomic mass is 10.1. The van der Waals surface area contributed by atoms with Crippen molar-refractivity contribution in [1.82, 2.24) is 29.8 Å². The van der Waals surface area contributed by atoms with E-state index < -0.39 is 0 Å². The summed E-state index contributed by atoms with van der Waals surface area (Å²) in [6.07, 6.45) is 3.02. The number of fused-ring (bicyclic) bond motifs is 1. The maximum Gasteiger partial charge on any atom is 0.276 e. The van der Waals surface area contributed by atoms with Crippen LogP contribution in [0.3, 0.4) is 0 Å². The molecule has 1 saturated heterocycles. The first-order chi connectivity index (χ1) is 15.6. The topological polar surface area (TPSA) is 93.5 Å². The second kappa shape index (κ2) is 8.68. The molecule has 1 aromatic carbocycles. The Bertz CT molecular complexity index is 1130. The van der Waals surface area contributed by atoms with E-state index in [-0.39, 0.29) is 24.5 Å². The average Bonchev–Trinajstić information content (AvgIpc) is 3.27. The van der Waals surface area contributed by atoms with Crippen molar-refractivity contribution in [3.8, 4) is 0 Å². The first-order valence-corrected chi connectivity index (χ1v) is 10.8. The Labute approximate surface area is 189 Å². The molecule has 10 heteroatoms. The van der Waals surface area contributed by atoms with Crippen molar-refractivity contribution in [3.63, 3.8) is 0 Å². The predicted octanol–water partition coefficient (Wildman–Crippen LogP) is 2.20. The first-order valence-electron chi connectivity index (χ1n) is 10.4. The van der Waals surface area contributed by atoms with Gasteiger partial charge in [0.2, 0.25) is 0 Å². The van der Waals surface area contributed by atoms with Crippen molar-refractivity contribution in [3.05, 3.63) is 76.3 Å². The van der Waals surface area contributed by atoms with Gasteiger partial charge in [0, 0.05) is 49.2 Å². The molecule has 0 saturated carbocycles. The summed E-state index contributed by atoms with van der Waals surface area (Å²) in [4.78, 5) is 33.1. The minimum absolute atomic E-state index is 0.0535. The summed E-state index contributed by atoms with van der Waals surface area (Å²) < 4.78 is 7.73. The van der Waals surface area contributed by atoms with Crippen LogP contribution in [0.2, 0.25) is 5.02 Å². The quantitative estimate of drug-likeness (QED) is 0.604. The van der Waals surface area contributed by atoms with Crippen molar-refractivity contribution in [2.75, 3.05) is 26.2 Å². The van der Waals surface area contributed by atoms with Crippen LogP contribution in [0.25, 0.3) is 0 Å². The van der Waals surface area contributed by atoms with Crippen LogP contribution in [0.15, 0.2) is 48.8 Å². The number of nitrogens with zero attached hydrogens (tertiary/aromatic N) is 6. The highest BCUT2D eigenvalue weighted by atomic mass is 35.5. The third kappa shape index (κ3) is 3.96. The Kier molecular flexibility index (Phi) is 5.59. The molecule has 9 nitrogen and oxygen atoms in total. The third-order valence-electron chi connectivity index (χ3n) is 5.82. The van der Waals surface area contributed by atoms with Gasteiger partial charge in [-0.25, -0.2) is 4.68 Å². The number of rotatable bonds is 3. The maximum absolute atomic E-state index is 13.1. The van der Waals surface area contributed by atoms with Crippen molar-refractivity contribution >= 4 is 23.4 Å². The molecule has 5 rings (SSSR count). The molecule has 32 heavy (non-hydrogen) atoms. The molecule has 0 radical (unpaired) electrons. The molecule has 0 spiro atoms. The number of piperazine rings is 1. The normalized spacial score (nSPS) is 18.3. The second-order valence-corrected chi connectivity index (χ2v) is 8.17. The van der Waals surface area contributed by atoms with Gasteiger partial charge >= 0.3 is 0 Å². The van der Waals surface area contributed by atoms with E-state index in [1.807, 2.05) is 24.3 Å². The van der Waals surface area contributed by atoms with Gasteiger partial charge in [-0.1, -0.05) is 28.9 Å².